The van der Waals surface area contributed by atoms with E-state index in [1.54, 1.807) is 0 Å². The molecule has 6 aromatic rings. The first-order chi connectivity index (χ1) is 28.4. The van der Waals surface area contributed by atoms with Crippen molar-refractivity contribution < 1.29 is 0 Å². The molecule has 3 heterocycles. The van der Waals surface area contributed by atoms with Gasteiger partial charge in [0.15, 0.2) is 0 Å². The van der Waals surface area contributed by atoms with Gasteiger partial charge in [-0.25, -0.2) is 0 Å². The minimum atomic E-state index is -0.214. The van der Waals surface area contributed by atoms with Crippen molar-refractivity contribution in [3.63, 3.8) is 0 Å². The van der Waals surface area contributed by atoms with Gasteiger partial charge in [0.1, 0.15) is 0 Å². The number of rotatable bonds is 4. The van der Waals surface area contributed by atoms with Crippen LogP contribution in [-0.2, 0) is 21.7 Å². The third kappa shape index (κ3) is 4.88. The van der Waals surface area contributed by atoms with Crippen molar-refractivity contribution in [2.45, 2.75) is 111 Å². The van der Waals surface area contributed by atoms with Crippen LogP contribution in [0.4, 0.5) is 28.4 Å². The molecule has 0 saturated carbocycles. The van der Waals surface area contributed by atoms with Gasteiger partial charge >= 0.3 is 0 Å². The topological polar surface area (TPSA) is 6.48 Å². The minimum Gasteiger partial charge on any atom is -0.314 e. The van der Waals surface area contributed by atoms with Crippen molar-refractivity contribution >= 4 is 28.4 Å². The Kier molecular flexibility index (Phi) is 7.50. The van der Waals surface area contributed by atoms with E-state index >= 15 is 0 Å². The summed E-state index contributed by atoms with van der Waals surface area (Å²) >= 11 is 0. The first-order valence-corrected chi connectivity index (χ1v) is 22.2. The minimum absolute atomic E-state index is 0.0333. The number of hydrogen-bond acceptors (Lipinski definition) is 2. The number of para-hydroxylation sites is 2. The Labute approximate surface area is 358 Å². The summed E-state index contributed by atoms with van der Waals surface area (Å²) in [6.07, 6.45) is 6.87. The lowest BCUT2D eigenvalue weighted by atomic mass is 9.61. The number of hydrogen-bond donors (Lipinski definition) is 0. The van der Waals surface area contributed by atoms with Gasteiger partial charge in [0, 0.05) is 38.7 Å². The molecule has 2 heteroatoms. The van der Waals surface area contributed by atoms with Gasteiger partial charge in [-0.05, 0) is 121 Å². The van der Waals surface area contributed by atoms with E-state index in [1.165, 1.54) is 106 Å². The zero-order chi connectivity index (χ0) is 41.9. The Balaban J connectivity index is 1.09. The quantitative estimate of drug-likeness (QED) is 0.176. The molecule has 0 radical (unpaired) electrons. The van der Waals surface area contributed by atoms with Gasteiger partial charge < -0.3 is 9.80 Å². The zero-order valence-electron chi connectivity index (χ0n) is 37.4. The summed E-state index contributed by atoms with van der Waals surface area (Å²) in [7, 11) is 0. The highest BCUT2D eigenvalue weighted by molar-refractivity contribution is 5.99. The summed E-state index contributed by atoms with van der Waals surface area (Å²) in [4.78, 5) is 5.27. The third-order valence-corrected chi connectivity index (χ3v) is 15.6. The maximum atomic E-state index is 2.68. The molecule has 6 aromatic carbocycles. The van der Waals surface area contributed by atoms with Crippen molar-refractivity contribution in [1.29, 1.82) is 0 Å². The molecule has 0 N–H and O–H groups in total. The fourth-order valence-electron chi connectivity index (χ4n) is 11.9. The molecule has 300 valence electrons. The first-order valence-electron chi connectivity index (χ1n) is 22.2. The molecule has 60 heavy (non-hydrogen) atoms. The van der Waals surface area contributed by atoms with Crippen molar-refractivity contribution in [2.75, 3.05) is 9.80 Å². The highest BCUT2D eigenvalue weighted by Crippen LogP contribution is 2.66. The SMILES string of the molecule is CC(C)(C)C1=CC=C(N(c2ccc(-c3ccc4c(c3)C(C)(C)c3ccccc3-4)cc2)c2cc3c4c(c2)C(C)(C)c2cccc5c2N4c2c(cccc2C3(C)C)C5(C)C)CC1. The molecule has 0 saturated heterocycles. The van der Waals surface area contributed by atoms with Gasteiger partial charge in [0.05, 0.1) is 17.1 Å². The van der Waals surface area contributed by atoms with Gasteiger partial charge in [-0.1, -0.05) is 173 Å². The van der Waals surface area contributed by atoms with Crippen LogP contribution in [-0.4, -0.2) is 0 Å². The number of nitrogens with zero attached hydrogens (tertiary/aromatic N) is 2. The van der Waals surface area contributed by atoms with Crippen molar-refractivity contribution in [1.82, 2.24) is 0 Å². The Hall–Kier alpha value is -5.60. The molecule has 0 fully saturated rings. The first kappa shape index (κ1) is 37.4. The standard InChI is InChI=1S/C58H58N2/c1-54(2,3)37-25-29-39(30-26-37)59(38-27-22-35(23-28-38)36-24-31-42-41-16-12-13-17-43(41)55(4,5)48(42)32-36)40-33-49-53-50(34-40)58(10,11)47-21-15-19-45-52(47)60(53)51-44(56(45,6)7)18-14-20-46(51)57(49,8)9/h12-25,27-29,31-34H,26,30H2,1-11H3. The average Bonchev–Trinajstić information content (AvgIpc) is 3.45. The Morgan fingerprint density at radius 2 is 0.917 bits per heavy atom. The third-order valence-electron chi connectivity index (χ3n) is 15.6. The fraction of sp³-hybridized carbons (Fsp3) is 0.310. The van der Waals surface area contributed by atoms with Gasteiger partial charge in [-0.2, -0.15) is 0 Å². The van der Waals surface area contributed by atoms with Crippen molar-refractivity contribution in [3.05, 3.63) is 183 Å². The molecular formula is C58H58N2. The lowest BCUT2D eigenvalue weighted by Crippen LogP contribution is -2.43. The highest BCUT2D eigenvalue weighted by atomic mass is 15.2. The zero-order valence-corrected chi connectivity index (χ0v) is 37.4. The van der Waals surface area contributed by atoms with Gasteiger partial charge in [0.2, 0.25) is 0 Å². The van der Waals surface area contributed by atoms with E-state index in [2.05, 4.69) is 213 Å². The summed E-state index contributed by atoms with van der Waals surface area (Å²) in [5.74, 6) is 0. The predicted molar refractivity (Wildman–Crippen MR) is 254 cm³/mol. The smallest absolute Gasteiger partial charge is 0.0545 e. The molecule has 0 unspecified atom stereocenters. The maximum absolute atomic E-state index is 2.68. The molecule has 0 amide bonds. The summed E-state index contributed by atoms with van der Waals surface area (Å²) in [6.45, 7) is 26.5. The molecule has 0 atom stereocenters. The Morgan fingerprint density at radius 1 is 0.433 bits per heavy atom. The second-order valence-electron chi connectivity index (χ2n) is 21.4. The van der Waals surface area contributed by atoms with Crippen molar-refractivity contribution in [3.8, 4) is 22.3 Å². The van der Waals surface area contributed by atoms with Gasteiger partial charge in [-0.3, -0.25) is 0 Å². The van der Waals surface area contributed by atoms with E-state index in [-0.39, 0.29) is 27.1 Å². The Morgan fingerprint density at radius 3 is 1.47 bits per heavy atom. The molecule has 5 aliphatic rings. The monoisotopic (exact) mass is 782 g/mol. The van der Waals surface area contributed by atoms with E-state index in [1.807, 2.05) is 0 Å². The lowest BCUT2D eigenvalue weighted by Gasteiger charge is -2.55. The number of benzene rings is 6. The Bertz CT molecular complexity index is 2810. The van der Waals surface area contributed by atoms with Crippen LogP contribution in [0.15, 0.2) is 139 Å². The summed E-state index contributed by atoms with van der Waals surface area (Å²) < 4.78 is 0. The summed E-state index contributed by atoms with van der Waals surface area (Å²) in [5.41, 5.74) is 25.6. The van der Waals surface area contributed by atoms with Gasteiger partial charge in [0.25, 0.3) is 0 Å². The van der Waals surface area contributed by atoms with Crippen LogP contribution in [0.25, 0.3) is 22.3 Å². The molecule has 3 aliphatic heterocycles. The van der Waals surface area contributed by atoms with E-state index in [0.717, 1.165) is 12.8 Å². The molecule has 11 rings (SSSR count). The normalized spacial score (nSPS) is 18.8. The van der Waals surface area contributed by atoms with E-state index < -0.39 is 0 Å². The molecule has 2 aliphatic carbocycles. The van der Waals surface area contributed by atoms with Crippen LogP contribution in [0.2, 0.25) is 0 Å². The highest BCUT2D eigenvalue weighted by Gasteiger charge is 2.52. The van der Waals surface area contributed by atoms with Crippen LogP contribution in [0.3, 0.4) is 0 Å². The van der Waals surface area contributed by atoms with Crippen LogP contribution in [0.1, 0.15) is 134 Å². The van der Waals surface area contributed by atoms with Crippen molar-refractivity contribution in [2.24, 2.45) is 5.41 Å². The second-order valence-corrected chi connectivity index (χ2v) is 21.4. The molecule has 0 aromatic heterocycles. The lowest BCUT2D eigenvalue weighted by molar-refractivity contribution is 0.479. The molecular weight excluding hydrogens is 725 g/mol. The summed E-state index contributed by atoms with van der Waals surface area (Å²) in [5, 5.41) is 0. The summed E-state index contributed by atoms with van der Waals surface area (Å²) in [6, 6.07) is 44.7. The average molecular weight is 783 g/mol. The van der Waals surface area contributed by atoms with Crippen LogP contribution in [0.5, 0.6) is 0 Å². The largest absolute Gasteiger partial charge is 0.314 e. The number of fused-ring (bicyclic) bond motifs is 3. The number of anilines is 5. The van der Waals surface area contributed by atoms with Crippen LogP contribution in [0, 0.1) is 5.41 Å². The number of allylic oxidation sites excluding steroid dienone is 4. The van der Waals surface area contributed by atoms with E-state index in [9.17, 15) is 0 Å². The van der Waals surface area contributed by atoms with Gasteiger partial charge in [-0.15, -0.1) is 0 Å². The maximum Gasteiger partial charge on any atom is 0.0545 e. The molecule has 0 spiro atoms. The van der Waals surface area contributed by atoms with Crippen LogP contribution >= 0.6 is 0 Å². The fourth-order valence-corrected chi connectivity index (χ4v) is 11.9. The van der Waals surface area contributed by atoms with E-state index in [4.69, 9.17) is 0 Å². The van der Waals surface area contributed by atoms with Crippen LogP contribution < -0.4 is 9.80 Å². The van der Waals surface area contributed by atoms with E-state index in [0.29, 0.717) is 0 Å². The predicted octanol–water partition coefficient (Wildman–Crippen LogP) is 15.8. The molecule has 0 bridgehead atoms. The molecule has 2 nitrogen and oxygen atoms in total. The second kappa shape index (κ2) is 12.0.